The minimum absolute atomic E-state index is 0.293. The van der Waals surface area contributed by atoms with Crippen LogP contribution in [0.5, 0.6) is 5.75 Å². The van der Waals surface area contributed by atoms with E-state index in [4.69, 9.17) is 9.72 Å². The predicted molar refractivity (Wildman–Crippen MR) is 178 cm³/mol. The Hall–Kier alpha value is -2.58. The molecule has 0 atom stereocenters. The molecule has 5 nitrogen and oxygen atoms in total. The second-order valence-corrected chi connectivity index (χ2v) is 11.9. The van der Waals surface area contributed by atoms with Crippen LogP contribution in [-0.2, 0) is 6.61 Å². The number of carbonyl (C=O) groups is 1. The predicted octanol–water partition coefficient (Wildman–Crippen LogP) is 8.06. The number of hydrazone groups is 1. The summed E-state index contributed by atoms with van der Waals surface area (Å²) >= 11 is 6.82. The number of benzene rings is 4. The molecule has 1 N–H and O–H groups in total. The van der Waals surface area contributed by atoms with Gasteiger partial charge in [-0.05, 0) is 115 Å². The first kappa shape index (κ1) is 27.0. The molecule has 8 heteroatoms. The molecule has 0 fully saturated rings. The second-order valence-electron chi connectivity index (χ2n) is 8.37. The van der Waals surface area contributed by atoms with Crippen LogP contribution in [0.2, 0.25) is 0 Å². The maximum Gasteiger partial charge on any atom is 0.272 e. The molecule has 0 bridgehead atoms. The second kappa shape index (κ2) is 12.5. The normalized spacial score (nSPS) is 11.1. The Bertz CT molecular complexity index is 1620. The number of aromatic nitrogens is 1. The molecule has 0 unspecified atom stereocenters. The number of ether oxygens (including phenoxy) is 1. The summed E-state index contributed by atoms with van der Waals surface area (Å²) in [7, 11) is 0. The summed E-state index contributed by atoms with van der Waals surface area (Å²) in [5, 5.41) is 5.02. The summed E-state index contributed by atoms with van der Waals surface area (Å²) in [6.07, 6.45) is 1.65. The maximum atomic E-state index is 13.2. The van der Waals surface area contributed by atoms with Gasteiger partial charge in [-0.25, -0.2) is 10.4 Å². The van der Waals surface area contributed by atoms with Crippen LogP contribution >= 0.6 is 67.8 Å². The van der Waals surface area contributed by atoms with Crippen LogP contribution in [0.25, 0.3) is 22.2 Å². The molecule has 0 spiro atoms. The number of nitrogens with zero attached hydrogens (tertiary/aromatic N) is 2. The van der Waals surface area contributed by atoms with Crippen molar-refractivity contribution in [3.05, 3.63) is 124 Å². The van der Waals surface area contributed by atoms with Crippen molar-refractivity contribution in [3.8, 4) is 17.0 Å². The number of pyridine rings is 1. The zero-order chi connectivity index (χ0) is 26.5. The van der Waals surface area contributed by atoms with Gasteiger partial charge in [-0.15, -0.1) is 0 Å². The standard InChI is InChI=1S/C30H20I3N3O2/c31-22-12-10-19(11-13-22)18-38-29-25(32)14-20(15-26(29)33)17-34-36-30(37)24-16-28(21-6-2-1-3-7-21)35-27-9-5-4-8-23(24)27/h1-17H,18H2,(H,36,37)/b34-17+. The molecule has 0 saturated carbocycles. The van der Waals surface area contributed by atoms with Crippen molar-refractivity contribution >= 4 is 90.8 Å². The molecular weight excluding hydrogens is 815 g/mol. The number of fused-ring (bicyclic) bond motifs is 1. The molecule has 1 aromatic heterocycles. The highest BCUT2D eigenvalue weighted by Gasteiger charge is 2.14. The third-order valence-electron chi connectivity index (χ3n) is 5.73. The fourth-order valence-electron chi connectivity index (χ4n) is 3.87. The van der Waals surface area contributed by atoms with Gasteiger partial charge in [0.1, 0.15) is 12.4 Å². The van der Waals surface area contributed by atoms with Crippen molar-refractivity contribution in [2.24, 2.45) is 5.10 Å². The Morgan fingerprint density at radius 3 is 2.29 bits per heavy atom. The van der Waals surface area contributed by atoms with Gasteiger partial charge in [-0.1, -0.05) is 60.7 Å². The fourth-order valence-corrected chi connectivity index (χ4v) is 6.36. The first-order valence-electron chi connectivity index (χ1n) is 11.6. The van der Waals surface area contributed by atoms with E-state index in [9.17, 15) is 4.79 Å². The molecule has 1 heterocycles. The van der Waals surface area contributed by atoms with E-state index in [1.807, 2.05) is 72.8 Å². The molecule has 0 saturated heterocycles. The molecule has 5 aromatic rings. The first-order chi connectivity index (χ1) is 18.5. The number of nitrogens with one attached hydrogen (secondary N) is 1. The van der Waals surface area contributed by atoms with Crippen LogP contribution in [0.3, 0.4) is 0 Å². The zero-order valence-corrected chi connectivity index (χ0v) is 26.3. The molecule has 4 aromatic carbocycles. The van der Waals surface area contributed by atoms with Gasteiger partial charge in [0.15, 0.2) is 0 Å². The number of halogens is 3. The summed E-state index contributed by atoms with van der Waals surface area (Å²) in [6.45, 7) is 0.497. The van der Waals surface area contributed by atoms with E-state index in [0.29, 0.717) is 12.2 Å². The van der Waals surface area contributed by atoms with E-state index in [-0.39, 0.29) is 5.91 Å². The van der Waals surface area contributed by atoms with Crippen molar-refractivity contribution in [2.45, 2.75) is 6.61 Å². The molecule has 1 amide bonds. The Balaban J connectivity index is 1.32. The van der Waals surface area contributed by atoms with Gasteiger partial charge in [-0.2, -0.15) is 5.10 Å². The summed E-state index contributed by atoms with van der Waals surface area (Å²) in [5.41, 5.74) is 7.64. The minimum atomic E-state index is -0.293. The number of rotatable bonds is 7. The molecule has 0 radical (unpaired) electrons. The molecule has 5 rings (SSSR count). The summed E-state index contributed by atoms with van der Waals surface area (Å²) in [6, 6.07) is 31.5. The quantitative estimate of drug-likeness (QED) is 0.103. The van der Waals surface area contributed by atoms with Crippen molar-refractivity contribution in [3.63, 3.8) is 0 Å². The zero-order valence-electron chi connectivity index (χ0n) is 19.9. The van der Waals surface area contributed by atoms with Crippen LogP contribution in [0.4, 0.5) is 0 Å². The van der Waals surface area contributed by atoms with Crippen molar-refractivity contribution in [2.75, 3.05) is 0 Å². The molecular formula is C30H20I3N3O2. The van der Waals surface area contributed by atoms with Gasteiger partial charge in [-0.3, -0.25) is 4.79 Å². The van der Waals surface area contributed by atoms with Crippen molar-refractivity contribution < 1.29 is 9.53 Å². The van der Waals surface area contributed by atoms with E-state index >= 15 is 0 Å². The fraction of sp³-hybridized carbons (Fsp3) is 0.0333. The lowest BCUT2D eigenvalue weighted by Gasteiger charge is -2.12. The maximum absolute atomic E-state index is 13.2. The van der Waals surface area contributed by atoms with E-state index in [1.54, 1.807) is 6.21 Å². The average molecular weight is 835 g/mol. The lowest BCUT2D eigenvalue weighted by Crippen LogP contribution is -2.18. The monoisotopic (exact) mass is 835 g/mol. The number of carbonyl (C=O) groups excluding carboxylic acids is 1. The Morgan fingerprint density at radius 2 is 1.55 bits per heavy atom. The summed E-state index contributed by atoms with van der Waals surface area (Å²) in [4.78, 5) is 17.9. The summed E-state index contributed by atoms with van der Waals surface area (Å²) < 4.78 is 9.24. The number of hydrogen-bond acceptors (Lipinski definition) is 4. The molecule has 38 heavy (non-hydrogen) atoms. The summed E-state index contributed by atoms with van der Waals surface area (Å²) in [5.74, 6) is 0.543. The molecule has 0 aliphatic carbocycles. The van der Waals surface area contributed by atoms with Crippen LogP contribution in [0.1, 0.15) is 21.5 Å². The topological polar surface area (TPSA) is 63.6 Å². The third-order valence-corrected chi connectivity index (χ3v) is 8.05. The van der Waals surface area contributed by atoms with Gasteiger partial charge in [0.2, 0.25) is 0 Å². The lowest BCUT2D eigenvalue weighted by atomic mass is 10.0. The van der Waals surface area contributed by atoms with Crippen LogP contribution in [-0.4, -0.2) is 17.1 Å². The van der Waals surface area contributed by atoms with Crippen LogP contribution in [0.15, 0.2) is 102 Å². The highest BCUT2D eigenvalue weighted by atomic mass is 127. The van der Waals surface area contributed by atoms with E-state index in [2.05, 4.69) is 103 Å². The Morgan fingerprint density at radius 1 is 0.868 bits per heavy atom. The Kier molecular flexibility index (Phi) is 8.89. The highest BCUT2D eigenvalue weighted by molar-refractivity contribution is 14.1. The molecule has 0 aliphatic rings. The minimum Gasteiger partial charge on any atom is -0.487 e. The van der Waals surface area contributed by atoms with Crippen molar-refractivity contribution in [1.82, 2.24) is 10.4 Å². The SMILES string of the molecule is O=C(N/N=C/c1cc(I)c(OCc2ccc(I)cc2)c(I)c1)c1cc(-c2ccccc2)nc2ccccc12. The largest absolute Gasteiger partial charge is 0.487 e. The lowest BCUT2D eigenvalue weighted by molar-refractivity contribution is 0.0956. The van der Waals surface area contributed by atoms with Crippen molar-refractivity contribution in [1.29, 1.82) is 0 Å². The van der Waals surface area contributed by atoms with Gasteiger partial charge in [0, 0.05) is 14.5 Å². The van der Waals surface area contributed by atoms with E-state index in [0.717, 1.165) is 46.2 Å². The van der Waals surface area contributed by atoms with Crippen LogP contribution in [0, 0.1) is 10.7 Å². The number of hydrogen-bond donors (Lipinski definition) is 1. The third kappa shape index (κ3) is 6.52. The molecule has 188 valence electrons. The van der Waals surface area contributed by atoms with Gasteiger partial charge >= 0.3 is 0 Å². The smallest absolute Gasteiger partial charge is 0.272 e. The van der Waals surface area contributed by atoms with Gasteiger partial charge in [0.25, 0.3) is 5.91 Å². The van der Waals surface area contributed by atoms with Gasteiger partial charge < -0.3 is 4.74 Å². The average Bonchev–Trinajstić information content (AvgIpc) is 2.93. The Labute approximate surface area is 261 Å². The van der Waals surface area contributed by atoms with E-state index in [1.165, 1.54) is 3.57 Å². The number of amides is 1. The van der Waals surface area contributed by atoms with Crippen LogP contribution < -0.4 is 10.2 Å². The first-order valence-corrected chi connectivity index (χ1v) is 14.9. The molecule has 0 aliphatic heterocycles. The number of para-hydroxylation sites is 1. The highest BCUT2D eigenvalue weighted by Crippen LogP contribution is 2.29. The van der Waals surface area contributed by atoms with Gasteiger partial charge in [0.05, 0.1) is 30.1 Å². The van der Waals surface area contributed by atoms with E-state index < -0.39 is 0 Å².